The third-order valence-corrected chi connectivity index (χ3v) is 2.98. The van der Waals surface area contributed by atoms with Crippen LogP contribution in [0.3, 0.4) is 0 Å². The second-order valence-corrected chi connectivity index (χ2v) is 5.21. The Morgan fingerprint density at radius 1 is 0.826 bits per heavy atom. The van der Waals surface area contributed by atoms with Gasteiger partial charge in [-0.3, -0.25) is 0 Å². The van der Waals surface area contributed by atoms with Crippen LogP contribution in [0.4, 0.5) is 0 Å². The topological polar surface area (TPSA) is 78.9 Å². The van der Waals surface area contributed by atoms with Gasteiger partial charge in [0, 0.05) is 11.6 Å². The standard InChI is InChI=1S/C17H28O6/c1-4-6-8-9-11-21-16(19)13-23-15(18)12-14(3)17(20)22-10-7-5-2/h12H,4-11,13H2,1-3H3/b14-12-. The fourth-order valence-electron chi connectivity index (χ4n) is 1.59. The average Bonchev–Trinajstić information content (AvgIpc) is 2.52. The van der Waals surface area contributed by atoms with Crippen LogP contribution in [0.15, 0.2) is 11.6 Å². The summed E-state index contributed by atoms with van der Waals surface area (Å²) in [5.74, 6) is -1.92. The van der Waals surface area contributed by atoms with Crippen LogP contribution in [0.2, 0.25) is 0 Å². The van der Waals surface area contributed by atoms with E-state index in [0.717, 1.165) is 44.6 Å². The van der Waals surface area contributed by atoms with Gasteiger partial charge in [0.15, 0.2) is 6.61 Å². The molecule has 0 rings (SSSR count). The molecule has 6 heteroatoms. The highest BCUT2D eigenvalue weighted by Gasteiger charge is 2.11. The number of hydrogen-bond donors (Lipinski definition) is 0. The Balaban J connectivity index is 3.92. The molecule has 0 aromatic heterocycles. The molecule has 0 fully saturated rings. The molecule has 0 aliphatic rings. The van der Waals surface area contributed by atoms with Crippen molar-refractivity contribution in [2.45, 2.75) is 59.3 Å². The number of esters is 3. The normalized spacial score (nSPS) is 11.0. The molecular weight excluding hydrogens is 300 g/mol. The summed E-state index contributed by atoms with van der Waals surface area (Å²) >= 11 is 0. The van der Waals surface area contributed by atoms with Crippen molar-refractivity contribution in [3.8, 4) is 0 Å². The molecule has 0 aliphatic carbocycles. The number of carbonyl (C=O) groups is 3. The van der Waals surface area contributed by atoms with E-state index in [2.05, 4.69) is 6.92 Å². The highest BCUT2D eigenvalue weighted by atomic mass is 16.6. The maximum atomic E-state index is 11.5. The average molecular weight is 328 g/mol. The summed E-state index contributed by atoms with van der Waals surface area (Å²) in [4.78, 5) is 34.4. The Hall–Kier alpha value is -1.85. The summed E-state index contributed by atoms with van der Waals surface area (Å²) in [6.07, 6.45) is 6.72. The molecule has 0 spiro atoms. The first-order valence-electron chi connectivity index (χ1n) is 8.19. The fraction of sp³-hybridized carbons (Fsp3) is 0.706. The lowest BCUT2D eigenvalue weighted by molar-refractivity contribution is -0.156. The molecule has 0 N–H and O–H groups in total. The number of rotatable bonds is 12. The van der Waals surface area contributed by atoms with Crippen LogP contribution in [0, 0.1) is 0 Å². The maximum Gasteiger partial charge on any atom is 0.344 e. The van der Waals surface area contributed by atoms with Crippen molar-refractivity contribution in [1.82, 2.24) is 0 Å². The predicted molar refractivity (Wildman–Crippen MR) is 85.7 cm³/mol. The van der Waals surface area contributed by atoms with Gasteiger partial charge >= 0.3 is 17.9 Å². The lowest BCUT2D eigenvalue weighted by Gasteiger charge is -2.06. The molecule has 0 aliphatic heterocycles. The molecule has 0 unspecified atom stereocenters. The van der Waals surface area contributed by atoms with E-state index in [4.69, 9.17) is 14.2 Å². The minimum Gasteiger partial charge on any atom is -0.463 e. The van der Waals surface area contributed by atoms with E-state index in [1.165, 1.54) is 6.92 Å². The summed E-state index contributed by atoms with van der Waals surface area (Å²) in [5.41, 5.74) is 0.138. The SMILES string of the molecule is CCCCCCOC(=O)COC(=O)/C=C(/C)C(=O)OCCCC. The minimum absolute atomic E-state index is 0.138. The van der Waals surface area contributed by atoms with Crippen molar-refractivity contribution < 1.29 is 28.6 Å². The highest BCUT2D eigenvalue weighted by molar-refractivity contribution is 5.96. The molecule has 0 aromatic carbocycles. The molecule has 0 atom stereocenters. The smallest absolute Gasteiger partial charge is 0.344 e. The van der Waals surface area contributed by atoms with E-state index in [1.807, 2.05) is 6.92 Å². The van der Waals surface area contributed by atoms with Crippen LogP contribution in [0.1, 0.15) is 59.3 Å². The van der Waals surface area contributed by atoms with Crippen molar-refractivity contribution in [1.29, 1.82) is 0 Å². The lowest BCUT2D eigenvalue weighted by Crippen LogP contribution is -2.17. The van der Waals surface area contributed by atoms with Gasteiger partial charge in [-0.25, -0.2) is 14.4 Å². The van der Waals surface area contributed by atoms with Crippen LogP contribution in [0.25, 0.3) is 0 Å². The van der Waals surface area contributed by atoms with Crippen LogP contribution in [-0.2, 0) is 28.6 Å². The summed E-state index contributed by atoms with van der Waals surface area (Å²) in [5, 5.41) is 0. The Kier molecular flexibility index (Phi) is 12.7. The van der Waals surface area contributed by atoms with E-state index in [1.54, 1.807) is 0 Å². The van der Waals surface area contributed by atoms with Gasteiger partial charge in [0.2, 0.25) is 0 Å². The number of hydrogen-bond acceptors (Lipinski definition) is 6. The van der Waals surface area contributed by atoms with E-state index >= 15 is 0 Å². The third-order valence-electron chi connectivity index (χ3n) is 2.98. The van der Waals surface area contributed by atoms with Crippen LogP contribution >= 0.6 is 0 Å². The summed E-state index contributed by atoms with van der Waals surface area (Å²) in [6.45, 7) is 5.73. The Labute approximate surface area is 138 Å². The molecule has 0 saturated carbocycles. The summed E-state index contributed by atoms with van der Waals surface area (Å²) < 4.78 is 14.6. The van der Waals surface area contributed by atoms with Crippen molar-refractivity contribution in [2.75, 3.05) is 19.8 Å². The van der Waals surface area contributed by atoms with Crippen LogP contribution in [-0.4, -0.2) is 37.7 Å². The fourth-order valence-corrected chi connectivity index (χ4v) is 1.59. The Morgan fingerprint density at radius 2 is 1.48 bits per heavy atom. The first-order chi connectivity index (χ1) is 11.0. The van der Waals surface area contributed by atoms with Gasteiger partial charge in [-0.15, -0.1) is 0 Å². The third kappa shape index (κ3) is 12.4. The van der Waals surface area contributed by atoms with Gasteiger partial charge in [-0.1, -0.05) is 39.5 Å². The van der Waals surface area contributed by atoms with Crippen molar-refractivity contribution >= 4 is 17.9 Å². The Bertz CT molecular complexity index is 400. The Morgan fingerprint density at radius 3 is 2.13 bits per heavy atom. The first-order valence-corrected chi connectivity index (χ1v) is 8.19. The van der Waals surface area contributed by atoms with Gasteiger partial charge in [-0.05, 0) is 19.8 Å². The zero-order valence-corrected chi connectivity index (χ0v) is 14.4. The van der Waals surface area contributed by atoms with Gasteiger partial charge in [0.05, 0.1) is 13.2 Å². The second kappa shape index (κ2) is 13.8. The highest BCUT2D eigenvalue weighted by Crippen LogP contribution is 2.01. The van der Waals surface area contributed by atoms with Crippen molar-refractivity contribution in [3.05, 3.63) is 11.6 Å². The van der Waals surface area contributed by atoms with Gasteiger partial charge in [-0.2, -0.15) is 0 Å². The molecule has 132 valence electrons. The minimum atomic E-state index is -0.766. The maximum absolute atomic E-state index is 11.5. The molecule has 0 bridgehead atoms. The molecular formula is C17H28O6. The van der Waals surface area contributed by atoms with E-state index < -0.39 is 24.5 Å². The molecule has 6 nitrogen and oxygen atoms in total. The van der Waals surface area contributed by atoms with Crippen LogP contribution in [0.5, 0.6) is 0 Å². The molecule has 0 amide bonds. The van der Waals surface area contributed by atoms with E-state index in [-0.39, 0.29) is 5.57 Å². The molecule has 0 radical (unpaired) electrons. The molecule has 0 aromatic rings. The molecule has 0 saturated heterocycles. The van der Waals surface area contributed by atoms with E-state index in [9.17, 15) is 14.4 Å². The van der Waals surface area contributed by atoms with Crippen LogP contribution < -0.4 is 0 Å². The lowest BCUT2D eigenvalue weighted by atomic mass is 10.2. The quantitative estimate of drug-likeness (QED) is 0.237. The van der Waals surface area contributed by atoms with Gasteiger partial charge < -0.3 is 14.2 Å². The molecule has 0 heterocycles. The number of unbranched alkanes of at least 4 members (excludes halogenated alkanes) is 4. The predicted octanol–water partition coefficient (Wildman–Crippen LogP) is 2.94. The van der Waals surface area contributed by atoms with Crippen molar-refractivity contribution in [2.24, 2.45) is 0 Å². The largest absolute Gasteiger partial charge is 0.463 e. The summed E-state index contributed by atoms with van der Waals surface area (Å²) in [6, 6.07) is 0. The van der Waals surface area contributed by atoms with Gasteiger partial charge in [0.25, 0.3) is 0 Å². The first kappa shape index (κ1) is 21.1. The van der Waals surface area contributed by atoms with Gasteiger partial charge in [0.1, 0.15) is 0 Å². The second-order valence-electron chi connectivity index (χ2n) is 5.21. The molecule has 23 heavy (non-hydrogen) atoms. The van der Waals surface area contributed by atoms with Crippen molar-refractivity contribution in [3.63, 3.8) is 0 Å². The zero-order chi connectivity index (χ0) is 17.5. The number of ether oxygens (including phenoxy) is 3. The number of carbonyl (C=O) groups excluding carboxylic acids is 3. The monoisotopic (exact) mass is 328 g/mol. The van der Waals surface area contributed by atoms with E-state index in [0.29, 0.717) is 13.2 Å². The zero-order valence-electron chi connectivity index (χ0n) is 14.4. The summed E-state index contributed by atoms with van der Waals surface area (Å²) in [7, 11) is 0.